The van der Waals surface area contributed by atoms with Crippen molar-refractivity contribution >= 4 is 31.6 Å². The van der Waals surface area contributed by atoms with Gasteiger partial charge in [-0.1, -0.05) is 24.3 Å². The highest BCUT2D eigenvalue weighted by molar-refractivity contribution is 7.89. The van der Waals surface area contributed by atoms with Crippen LogP contribution in [0.25, 0.3) is 10.2 Å². The zero-order valence-electron chi connectivity index (χ0n) is 13.4. The highest BCUT2D eigenvalue weighted by Gasteiger charge is 2.32. The molecule has 0 saturated carbocycles. The zero-order chi connectivity index (χ0) is 17.4. The Bertz CT molecular complexity index is 976. The summed E-state index contributed by atoms with van der Waals surface area (Å²) in [5.74, 6) is -0.444. The van der Waals surface area contributed by atoms with E-state index in [1.165, 1.54) is 22.5 Å². The fourth-order valence-electron chi connectivity index (χ4n) is 3.20. The predicted molar refractivity (Wildman–Crippen MR) is 96.8 cm³/mol. The molecule has 1 fully saturated rings. The molecule has 1 aromatic heterocycles. The minimum Gasteiger partial charge on any atom is -0.241 e. The van der Waals surface area contributed by atoms with E-state index in [9.17, 15) is 12.8 Å². The van der Waals surface area contributed by atoms with E-state index in [0.717, 1.165) is 15.2 Å². The summed E-state index contributed by atoms with van der Waals surface area (Å²) in [5, 5.41) is 1.06. The molecule has 2 aromatic carbocycles. The number of nitrogens with zero attached hydrogens (tertiary/aromatic N) is 2. The number of aromatic nitrogens is 1. The molecule has 4 nitrogen and oxygen atoms in total. The summed E-state index contributed by atoms with van der Waals surface area (Å²) in [4.78, 5) is 4.44. The number of para-hydroxylation sites is 1. The Morgan fingerprint density at radius 3 is 2.44 bits per heavy atom. The van der Waals surface area contributed by atoms with Crippen molar-refractivity contribution in [2.24, 2.45) is 0 Å². The molecule has 0 bridgehead atoms. The summed E-state index contributed by atoms with van der Waals surface area (Å²) in [6.45, 7) is 0.772. The first-order chi connectivity index (χ1) is 12.1. The molecule has 1 aliphatic rings. The smallest absolute Gasteiger partial charge is 0.241 e. The van der Waals surface area contributed by atoms with Crippen molar-refractivity contribution in [3.63, 3.8) is 0 Å². The van der Waals surface area contributed by atoms with Crippen molar-refractivity contribution in [3.8, 4) is 0 Å². The van der Waals surface area contributed by atoms with Crippen molar-refractivity contribution in [1.82, 2.24) is 9.29 Å². The summed E-state index contributed by atoms with van der Waals surface area (Å²) in [7, 11) is -3.78. The van der Waals surface area contributed by atoms with Crippen LogP contribution in [-0.2, 0) is 10.0 Å². The molecular formula is C18H17FN2O2S2. The maximum absolute atomic E-state index is 13.9. The number of fused-ring (bicyclic) bond motifs is 1. The molecule has 130 valence electrons. The van der Waals surface area contributed by atoms with Gasteiger partial charge in [0.2, 0.25) is 10.0 Å². The third kappa shape index (κ3) is 3.07. The Morgan fingerprint density at radius 1 is 1.04 bits per heavy atom. The van der Waals surface area contributed by atoms with E-state index in [2.05, 4.69) is 4.98 Å². The van der Waals surface area contributed by atoms with Crippen LogP contribution >= 0.6 is 11.3 Å². The monoisotopic (exact) mass is 376 g/mol. The molecule has 0 spiro atoms. The van der Waals surface area contributed by atoms with Crippen LogP contribution in [0.4, 0.5) is 4.39 Å². The van der Waals surface area contributed by atoms with Crippen molar-refractivity contribution < 1.29 is 12.8 Å². The highest BCUT2D eigenvalue weighted by atomic mass is 32.2. The molecule has 7 heteroatoms. The summed E-state index contributed by atoms with van der Waals surface area (Å²) >= 11 is 1.67. The second kappa shape index (κ2) is 6.48. The van der Waals surface area contributed by atoms with Crippen LogP contribution in [0, 0.1) is 5.82 Å². The third-order valence-electron chi connectivity index (χ3n) is 4.57. The lowest BCUT2D eigenvalue weighted by Crippen LogP contribution is -2.38. The van der Waals surface area contributed by atoms with Gasteiger partial charge in [-0.05, 0) is 37.1 Å². The number of thiazole rings is 1. The van der Waals surface area contributed by atoms with E-state index in [4.69, 9.17) is 0 Å². The number of hydrogen-bond donors (Lipinski definition) is 0. The molecule has 0 radical (unpaired) electrons. The van der Waals surface area contributed by atoms with Gasteiger partial charge in [-0.25, -0.2) is 17.8 Å². The SMILES string of the molecule is O=S(=O)(c1ccccc1F)N1CCC(c2nc3ccccc3s2)CC1. The lowest BCUT2D eigenvalue weighted by atomic mass is 9.99. The first kappa shape index (κ1) is 16.6. The third-order valence-corrected chi connectivity index (χ3v) is 7.70. The molecule has 1 saturated heterocycles. The Morgan fingerprint density at radius 2 is 1.72 bits per heavy atom. The Balaban J connectivity index is 1.52. The molecule has 2 heterocycles. The highest BCUT2D eigenvalue weighted by Crippen LogP contribution is 2.35. The summed E-state index contributed by atoms with van der Waals surface area (Å²) in [6, 6.07) is 13.5. The second-order valence-corrected chi connectivity index (χ2v) is 9.10. The van der Waals surface area contributed by atoms with E-state index < -0.39 is 15.8 Å². The zero-order valence-corrected chi connectivity index (χ0v) is 15.1. The van der Waals surface area contributed by atoms with E-state index in [1.807, 2.05) is 24.3 Å². The van der Waals surface area contributed by atoms with Crippen LogP contribution in [0.15, 0.2) is 53.4 Å². The molecule has 4 rings (SSSR count). The second-order valence-electron chi connectivity index (χ2n) is 6.13. The topological polar surface area (TPSA) is 50.3 Å². The standard InChI is InChI=1S/C18H17FN2O2S2/c19-14-5-1-4-8-17(14)25(22,23)21-11-9-13(10-12-21)18-20-15-6-2-3-7-16(15)24-18/h1-8,13H,9-12H2. The molecule has 1 aliphatic heterocycles. The van der Waals surface area contributed by atoms with Gasteiger partial charge < -0.3 is 0 Å². The molecule has 0 aliphatic carbocycles. The number of halogens is 1. The molecule has 0 amide bonds. The van der Waals surface area contributed by atoms with Crippen LogP contribution in [0.1, 0.15) is 23.8 Å². The Labute approximate surface area is 150 Å². The average molecular weight is 376 g/mol. The molecule has 0 unspecified atom stereocenters. The van der Waals surface area contributed by atoms with Crippen LogP contribution in [-0.4, -0.2) is 30.8 Å². The summed E-state index contributed by atoms with van der Waals surface area (Å²) in [6.07, 6.45) is 1.40. The average Bonchev–Trinajstić information content (AvgIpc) is 3.06. The first-order valence-corrected chi connectivity index (χ1v) is 10.4. The van der Waals surface area contributed by atoms with Crippen molar-refractivity contribution in [1.29, 1.82) is 0 Å². The van der Waals surface area contributed by atoms with Gasteiger partial charge in [0.25, 0.3) is 0 Å². The maximum Gasteiger partial charge on any atom is 0.245 e. The number of hydrogen-bond acceptors (Lipinski definition) is 4. The fraction of sp³-hybridized carbons (Fsp3) is 0.278. The predicted octanol–water partition coefficient (Wildman–Crippen LogP) is 4.00. The van der Waals surface area contributed by atoms with Crippen molar-refractivity contribution in [2.45, 2.75) is 23.7 Å². The maximum atomic E-state index is 13.9. The van der Waals surface area contributed by atoms with Crippen LogP contribution in [0.2, 0.25) is 0 Å². The molecule has 0 atom stereocenters. The summed E-state index contributed by atoms with van der Waals surface area (Å²) in [5.41, 5.74) is 0.990. The van der Waals surface area contributed by atoms with Crippen LogP contribution < -0.4 is 0 Å². The normalized spacial score (nSPS) is 17.2. The fourth-order valence-corrected chi connectivity index (χ4v) is 5.87. The molecule has 25 heavy (non-hydrogen) atoms. The lowest BCUT2D eigenvalue weighted by Gasteiger charge is -2.30. The van der Waals surface area contributed by atoms with E-state index in [1.54, 1.807) is 17.4 Å². The van der Waals surface area contributed by atoms with Gasteiger partial charge in [0.1, 0.15) is 10.7 Å². The van der Waals surface area contributed by atoms with Gasteiger partial charge in [0, 0.05) is 19.0 Å². The quantitative estimate of drug-likeness (QED) is 0.694. The van der Waals surface area contributed by atoms with Crippen LogP contribution in [0.5, 0.6) is 0 Å². The van der Waals surface area contributed by atoms with E-state index in [-0.39, 0.29) is 10.8 Å². The van der Waals surface area contributed by atoms with Gasteiger partial charge in [0.05, 0.1) is 15.2 Å². The van der Waals surface area contributed by atoms with E-state index >= 15 is 0 Å². The summed E-state index contributed by atoms with van der Waals surface area (Å²) < 4.78 is 41.8. The van der Waals surface area contributed by atoms with Gasteiger partial charge in [-0.2, -0.15) is 4.31 Å². The molecular weight excluding hydrogens is 359 g/mol. The Kier molecular flexibility index (Phi) is 4.31. The number of benzene rings is 2. The number of sulfonamides is 1. The molecule has 0 N–H and O–H groups in total. The minimum absolute atomic E-state index is 0.242. The van der Waals surface area contributed by atoms with Gasteiger partial charge in [0.15, 0.2) is 0 Å². The lowest BCUT2D eigenvalue weighted by molar-refractivity contribution is 0.318. The largest absolute Gasteiger partial charge is 0.245 e. The van der Waals surface area contributed by atoms with Gasteiger partial charge >= 0.3 is 0 Å². The van der Waals surface area contributed by atoms with Crippen LogP contribution in [0.3, 0.4) is 0 Å². The van der Waals surface area contributed by atoms with E-state index in [0.29, 0.717) is 25.9 Å². The van der Waals surface area contributed by atoms with Crippen molar-refractivity contribution in [3.05, 3.63) is 59.4 Å². The molecule has 3 aromatic rings. The minimum atomic E-state index is -3.78. The number of rotatable bonds is 3. The van der Waals surface area contributed by atoms with Crippen molar-refractivity contribution in [2.75, 3.05) is 13.1 Å². The number of piperidine rings is 1. The first-order valence-electron chi connectivity index (χ1n) is 8.16. The Hall–Kier alpha value is -1.83. The van der Waals surface area contributed by atoms with Gasteiger partial charge in [-0.15, -0.1) is 11.3 Å². The van der Waals surface area contributed by atoms with Gasteiger partial charge in [-0.3, -0.25) is 0 Å².